The quantitative estimate of drug-likeness (QED) is 0.669. The summed E-state index contributed by atoms with van der Waals surface area (Å²) in [5.74, 6) is 0. The minimum Gasteiger partial charge on any atom is -0.394 e. The molecule has 16 heavy (non-hydrogen) atoms. The maximum atomic E-state index is 11.1. The van der Waals surface area contributed by atoms with Crippen molar-refractivity contribution in [3.05, 3.63) is 0 Å². The molecule has 0 aliphatic heterocycles. The van der Waals surface area contributed by atoms with E-state index in [4.69, 9.17) is 9.47 Å². The van der Waals surface area contributed by atoms with Crippen LogP contribution in [0.3, 0.4) is 0 Å². The summed E-state index contributed by atoms with van der Waals surface area (Å²) >= 11 is 0. The number of carbonyl (C=O) groups excluding carboxylic acids is 2. The first-order chi connectivity index (χ1) is 7.51. The molecule has 0 saturated carbocycles. The van der Waals surface area contributed by atoms with Crippen LogP contribution in [0.4, 0.5) is 9.59 Å². The summed E-state index contributed by atoms with van der Waals surface area (Å²) < 4.78 is 9.72. The van der Waals surface area contributed by atoms with E-state index in [1.165, 1.54) is 4.90 Å². The van der Waals surface area contributed by atoms with E-state index in [9.17, 15) is 9.59 Å². The minimum absolute atomic E-state index is 0.445. The van der Waals surface area contributed by atoms with Gasteiger partial charge in [-0.3, -0.25) is 0 Å². The molecule has 2 amide bonds. The maximum absolute atomic E-state index is 11.1. The lowest BCUT2D eigenvalue weighted by Gasteiger charge is -2.23. The molecule has 0 aliphatic rings. The minimum atomic E-state index is -1.04. The van der Waals surface area contributed by atoms with E-state index in [0.29, 0.717) is 13.1 Å². The largest absolute Gasteiger partial charge is 0.411 e. The Morgan fingerprint density at radius 3 is 1.69 bits per heavy atom. The van der Waals surface area contributed by atoms with E-state index in [2.05, 4.69) is 10.6 Å². The van der Waals surface area contributed by atoms with Gasteiger partial charge in [0.1, 0.15) is 0 Å². The van der Waals surface area contributed by atoms with Gasteiger partial charge in [0.2, 0.25) is 0 Å². The van der Waals surface area contributed by atoms with E-state index in [-0.39, 0.29) is 0 Å². The van der Waals surface area contributed by atoms with Crippen LogP contribution in [0.2, 0.25) is 0 Å². The fraction of sp³-hybridized carbons (Fsp3) is 0.778. The number of rotatable bonds is 5. The van der Waals surface area contributed by atoms with Gasteiger partial charge in [-0.25, -0.2) is 14.5 Å². The smallest absolute Gasteiger partial charge is 0.394 e. The standard InChI is InChI=1S/C9H19N3O4/c1-5-10-7(13)15-9(12(3)4)16-8(14)11-6-2/h9H,5-6H2,1-4H3,(H,10,13)(H,11,14). The summed E-state index contributed by atoms with van der Waals surface area (Å²) in [6.45, 7) is 4.41. The molecule has 7 nitrogen and oxygen atoms in total. The lowest BCUT2D eigenvalue weighted by molar-refractivity contribution is -0.139. The van der Waals surface area contributed by atoms with E-state index >= 15 is 0 Å². The lowest BCUT2D eigenvalue weighted by Crippen LogP contribution is -2.42. The number of carbonyl (C=O) groups is 2. The van der Waals surface area contributed by atoms with Crippen LogP contribution in [0.25, 0.3) is 0 Å². The van der Waals surface area contributed by atoms with Gasteiger partial charge in [-0.2, -0.15) is 0 Å². The van der Waals surface area contributed by atoms with Gasteiger partial charge in [-0.15, -0.1) is 0 Å². The van der Waals surface area contributed by atoms with Gasteiger partial charge in [0.25, 0.3) is 0 Å². The monoisotopic (exact) mass is 233 g/mol. The highest BCUT2D eigenvalue weighted by Gasteiger charge is 2.20. The van der Waals surface area contributed by atoms with Crippen molar-refractivity contribution in [2.75, 3.05) is 27.2 Å². The average Bonchev–Trinajstić information content (AvgIpc) is 2.17. The summed E-state index contributed by atoms with van der Waals surface area (Å²) in [5, 5.41) is 4.87. The summed E-state index contributed by atoms with van der Waals surface area (Å²) in [6, 6.07) is 0. The predicted octanol–water partition coefficient (Wildman–Crippen LogP) is 0.324. The summed E-state index contributed by atoms with van der Waals surface area (Å²) in [4.78, 5) is 23.7. The molecule has 2 N–H and O–H groups in total. The van der Waals surface area contributed by atoms with Crippen molar-refractivity contribution in [2.24, 2.45) is 0 Å². The number of hydrogen-bond donors (Lipinski definition) is 2. The molecule has 7 heteroatoms. The van der Waals surface area contributed by atoms with Crippen LogP contribution in [0.15, 0.2) is 0 Å². The molecule has 0 rings (SSSR count). The third kappa shape index (κ3) is 6.07. The fourth-order valence-electron chi connectivity index (χ4n) is 0.790. The van der Waals surface area contributed by atoms with E-state index in [1.54, 1.807) is 27.9 Å². The number of nitrogens with zero attached hydrogens (tertiary/aromatic N) is 1. The molecule has 0 radical (unpaired) electrons. The number of hydrogen-bond acceptors (Lipinski definition) is 5. The molecule has 0 bridgehead atoms. The first-order valence-electron chi connectivity index (χ1n) is 5.06. The van der Waals surface area contributed by atoms with Crippen LogP contribution in [-0.2, 0) is 9.47 Å². The van der Waals surface area contributed by atoms with Gasteiger partial charge in [0.05, 0.1) is 0 Å². The first kappa shape index (κ1) is 14.5. The summed E-state index contributed by atoms with van der Waals surface area (Å²) in [7, 11) is 3.26. The van der Waals surface area contributed by atoms with Crippen molar-refractivity contribution in [1.29, 1.82) is 0 Å². The van der Waals surface area contributed by atoms with E-state index < -0.39 is 18.6 Å². The van der Waals surface area contributed by atoms with Crippen molar-refractivity contribution < 1.29 is 19.1 Å². The Hall–Kier alpha value is -1.50. The number of ether oxygens (including phenoxy) is 2. The van der Waals surface area contributed by atoms with E-state index in [1.807, 2.05) is 0 Å². The van der Waals surface area contributed by atoms with Crippen LogP contribution in [0.1, 0.15) is 13.8 Å². The van der Waals surface area contributed by atoms with Gasteiger partial charge in [0, 0.05) is 13.1 Å². The van der Waals surface area contributed by atoms with Crippen molar-refractivity contribution in [2.45, 2.75) is 20.3 Å². The Kier molecular flexibility index (Phi) is 7.02. The Morgan fingerprint density at radius 1 is 1.06 bits per heavy atom. The molecular formula is C9H19N3O4. The average molecular weight is 233 g/mol. The van der Waals surface area contributed by atoms with Gasteiger partial charge in [-0.1, -0.05) is 0 Å². The fourth-order valence-corrected chi connectivity index (χ4v) is 0.790. The number of amides is 2. The van der Waals surface area contributed by atoms with Gasteiger partial charge in [-0.05, 0) is 27.9 Å². The van der Waals surface area contributed by atoms with Crippen LogP contribution >= 0.6 is 0 Å². The Bertz CT molecular complexity index is 213. The maximum Gasteiger partial charge on any atom is 0.411 e. The molecule has 0 spiro atoms. The van der Waals surface area contributed by atoms with Crippen LogP contribution in [0, 0.1) is 0 Å². The Morgan fingerprint density at radius 2 is 1.44 bits per heavy atom. The third-order valence-corrected chi connectivity index (χ3v) is 1.48. The molecular weight excluding hydrogens is 214 g/mol. The molecule has 0 atom stereocenters. The topological polar surface area (TPSA) is 79.9 Å². The second kappa shape index (κ2) is 7.75. The molecule has 0 aromatic carbocycles. The molecule has 0 saturated heterocycles. The zero-order chi connectivity index (χ0) is 12.6. The number of alkyl carbamates (subject to hydrolysis) is 2. The normalized spacial score (nSPS) is 10.1. The molecule has 94 valence electrons. The van der Waals surface area contributed by atoms with Crippen LogP contribution in [-0.4, -0.2) is 50.7 Å². The Labute approximate surface area is 95.1 Å². The van der Waals surface area contributed by atoms with E-state index in [0.717, 1.165) is 0 Å². The van der Waals surface area contributed by atoms with Crippen LogP contribution in [0.5, 0.6) is 0 Å². The van der Waals surface area contributed by atoms with Crippen molar-refractivity contribution in [1.82, 2.24) is 15.5 Å². The second-order valence-corrected chi connectivity index (χ2v) is 3.14. The molecule has 0 aromatic heterocycles. The zero-order valence-corrected chi connectivity index (χ0v) is 10.1. The van der Waals surface area contributed by atoms with Crippen LogP contribution < -0.4 is 10.6 Å². The molecule has 0 unspecified atom stereocenters. The van der Waals surface area contributed by atoms with Gasteiger partial charge >= 0.3 is 18.6 Å². The number of nitrogens with one attached hydrogen (secondary N) is 2. The zero-order valence-electron chi connectivity index (χ0n) is 10.1. The first-order valence-corrected chi connectivity index (χ1v) is 5.06. The van der Waals surface area contributed by atoms with Crippen molar-refractivity contribution >= 4 is 12.2 Å². The molecule has 0 aliphatic carbocycles. The lowest BCUT2D eigenvalue weighted by atomic mass is 10.7. The van der Waals surface area contributed by atoms with Crippen molar-refractivity contribution in [3.63, 3.8) is 0 Å². The summed E-state index contributed by atoms with van der Waals surface area (Å²) in [6.07, 6.45) is -2.31. The Balaban J connectivity index is 4.17. The molecule has 0 heterocycles. The van der Waals surface area contributed by atoms with Gasteiger partial charge in [0.15, 0.2) is 0 Å². The highest BCUT2D eigenvalue weighted by atomic mass is 16.7. The highest BCUT2D eigenvalue weighted by molar-refractivity contribution is 5.69. The highest BCUT2D eigenvalue weighted by Crippen LogP contribution is 1.99. The third-order valence-electron chi connectivity index (χ3n) is 1.48. The second-order valence-electron chi connectivity index (χ2n) is 3.14. The summed E-state index contributed by atoms with van der Waals surface area (Å²) in [5.41, 5.74) is 0. The predicted molar refractivity (Wildman–Crippen MR) is 57.8 cm³/mol. The molecule has 0 aromatic rings. The van der Waals surface area contributed by atoms with Gasteiger partial charge < -0.3 is 20.1 Å². The molecule has 0 fully saturated rings. The van der Waals surface area contributed by atoms with Crippen molar-refractivity contribution in [3.8, 4) is 0 Å². The SMILES string of the molecule is CCNC(=O)OC(OC(=O)NCC)N(C)C.